The highest BCUT2D eigenvalue weighted by Gasteiger charge is 2.15. The molecule has 6 heteroatoms. The summed E-state index contributed by atoms with van der Waals surface area (Å²) in [5.41, 5.74) is 1.40. The van der Waals surface area contributed by atoms with E-state index in [2.05, 4.69) is 10.6 Å². The molecule has 2 aromatic rings. The Morgan fingerprint density at radius 3 is 2.28 bits per heavy atom. The van der Waals surface area contributed by atoms with Crippen LogP contribution in [-0.2, 0) is 11.3 Å². The summed E-state index contributed by atoms with van der Waals surface area (Å²) >= 11 is 0. The fraction of sp³-hybridized carbons (Fsp3) is 0.316. The molecule has 2 rings (SSSR count). The minimum absolute atomic E-state index is 0.0641. The smallest absolute Gasteiger partial charge is 0.251 e. The topological polar surface area (TPSA) is 80.2 Å². The summed E-state index contributed by atoms with van der Waals surface area (Å²) in [6, 6.07) is 9.87. The maximum absolute atomic E-state index is 12.1. The zero-order valence-electron chi connectivity index (χ0n) is 14.9. The Kier molecular flexibility index (Phi) is 5.41. The average molecular weight is 341 g/mol. The molecule has 1 heterocycles. The Labute approximate surface area is 146 Å². The third-order valence-electron chi connectivity index (χ3n) is 3.38. The van der Waals surface area contributed by atoms with Crippen molar-refractivity contribution in [2.75, 3.05) is 5.32 Å². The summed E-state index contributed by atoms with van der Waals surface area (Å²) in [6.45, 7) is 7.49. The molecule has 0 bridgehead atoms. The summed E-state index contributed by atoms with van der Waals surface area (Å²) < 4.78 is 1.34. The zero-order valence-corrected chi connectivity index (χ0v) is 14.9. The van der Waals surface area contributed by atoms with Crippen molar-refractivity contribution in [2.45, 2.75) is 39.8 Å². The van der Waals surface area contributed by atoms with E-state index in [1.54, 1.807) is 36.5 Å². The monoisotopic (exact) mass is 341 g/mol. The van der Waals surface area contributed by atoms with Gasteiger partial charge in [-0.05, 0) is 63.6 Å². The number of nitrogens with zero attached hydrogens (tertiary/aromatic N) is 1. The molecular formula is C19H23N3O3. The molecule has 132 valence electrons. The van der Waals surface area contributed by atoms with Crippen LogP contribution >= 0.6 is 0 Å². The van der Waals surface area contributed by atoms with Gasteiger partial charge in [-0.1, -0.05) is 0 Å². The number of hydrogen-bond donors (Lipinski definition) is 2. The summed E-state index contributed by atoms with van der Waals surface area (Å²) in [5, 5.41) is 5.59. The van der Waals surface area contributed by atoms with Crippen molar-refractivity contribution in [3.8, 4) is 0 Å². The first-order valence-corrected chi connectivity index (χ1v) is 8.03. The van der Waals surface area contributed by atoms with E-state index in [0.29, 0.717) is 11.3 Å². The third-order valence-corrected chi connectivity index (χ3v) is 3.38. The Bertz CT molecular complexity index is 830. The lowest BCUT2D eigenvalue weighted by Crippen LogP contribution is -2.40. The van der Waals surface area contributed by atoms with Crippen LogP contribution in [0, 0.1) is 6.92 Å². The molecule has 0 unspecified atom stereocenters. The quantitative estimate of drug-likeness (QED) is 0.896. The second-order valence-corrected chi connectivity index (χ2v) is 7.00. The van der Waals surface area contributed by atoms with Crippen molar-refractivity contribution in [2.24, 2.45) is 0 Å². The standard InChI is InChI=1S/C19H23N3O3/c1-13-9-10-22(17(24)11-13)12-16(23)20-15-7-5-14(6-8-15)18(25)21-19(2,3)4/h5-11H,12H2,1-4H3,(H,20,23)(H,21,25). The fourth-order valence-corrected chi connectivity index (χ4v) is 2.21. The number of aromatic nitrogens is 1. The van der Waals surface area contributed by atoms with Crippen LogP contribution in [0.3, 0.4) is 0 Å². The number of benzene rings is 1. The van der Waals surface area contributed by atoms with E-state index < -0.39 is 0 Å². The van der Waals surface area contributed by atoms with E-state index in [1.165, 1.54) is 10.6 Å². The number of nitrogens with one attached hydrogen (secondary N) is 2. The van der Waals surface area contributed by atoms with Gasteiger partial charge in [0.2, 0.25) is 5.91 Å². The first-order valence-electron chi connectivity index (χ1n) is 8.03. The Hall–Kier alpha value is -2.89. The molecule has 0 spiro atoms. The van der Waals surface area contributed by atoms with Gasteiger partial charge in [0.1, 0.15) is 6.54 Å². The van der Waals surface area contributed by atoms with E-state index in [0.717, 1.165) is 5.56 Å². The number of carbonyl (C=O) groups excluding carboxylic acids is 2. The van der Waals surface area contributed by atoms with E-state index >= 15 is 0 Å². The number of hydrogen-bond acceptors (Lipinski definition) is 3. The van der Waals surface area contributed by atoms with Gasteiger partial charge in [-0.2, -0.15) is 0 Å². The summed E-state index contributed by atoms with van der Waals surface area (Å²) in [6.07, 6.45) is 1.59. The molecule has 0 saturated heterocycles. The van der Waals surface area contributed by atoms with Crippen molar-refractivity contribution in [1.82, 2.24) is 9.88 Å². The molecule has 0 radical (unpaired) electrons. The van der Waals surface area contributed by atoms with Crippen molar-refractivity contribution in [3.05, 3.63) is 64.1 Å². The van der Waals surface area contributed by atoms with Gasteiger partial charge < -0.3 is 15.2 Å². The molecule has 0 aliphatic rings. The molecule has 1 aromatic carbocycles. The van der Waals surface area contributed by atoms with Crippen molar-refractivity contribution < 1.29 is 9.59 Å². The van der Waals surface area contributed by atoms with Gasteiger partial charge in [-0.25, -0.2) is 0 Å². The maximum atomic E-state index is 12.1. The SMILES string of the molecule is Cc1ccn(CC(=O)Nc2ccc(C(=O)NC(C)(C)C)cc2)c(=O)c1. The first kappa shape index (κ1) is 18.4. The van der Waals surface area contributed by atoms with Crippen LogP contribution in [0.15, 0.2) is 47.4 Å². The van der Waals surface area contributed by atoms with E-state index in [-0.39, 0.29) is 29.5 Å². The molecule has 6 nitrogen and oxygen atoms in total. The van der Waals surface area contributed by atoms with Gasteiger partial charge in [0.15, 0.2) is 0 Å². The number of anilines is 1. The molecule has 2 N–H and O–H groups in total. The molecule has 1 aromatic heterocycles. The van der Waals surface area contributed by atoms with E-state index in [4.69, 9.17) is 0 Å². The van der Waals surface area contributed by atoms with E-state index in [9.17, 15) is 14.4 Å². The van der Waals surface area contributed by atoms with Gasteiger partial charge in [0.25, 0.3) is 11.5 Å². The average Bonchev–Trinajstić information content (AvgIpc) is 2.49. The van der Waals surface area contributed by atoms with Gasteiger partial charge in [-0.15, -0.1) is 0 Å². The van der Waals surface area contributed by atoms with Crippen LogP contribution in [0.4, 0.5) is 5.69 Å². The molecule has 0 aliphatic carbocycles. The number of carbonyl (C=O) groups is 2. The molecule has 0 saturated carbocycles. The van der Waals surface area contributed by atoms with Crippen molar-refractivity contribution in [1.29, 1.82) is 0 Å². The van der Waals surface area contributed by atoms with Crippen LogP contribution in [0.2, 0.25) is 0 Å². The minimum Gasteiger partial charge on any atom is -0.347 e. The van der Waals surface area contributed by atoms with Crippen LogP contribution < -0.4 is 16.2 Å². The second kappa shape index (κ2) is 7.34. The first-order chi connectivity index (χ1) is 11.6. The zero-order chi connectivity index (χ0) is 18.6. The largest absolute Gasteiger partial charge is 0.347 e. The van der Waals surface area contributed by atoms with Gasteiger partial charge in [-0.3, -0.25) is 14.4 Å². The van der Waals surface area contributed by atoms with Crippen LogP contribution in [0.25, 0.3) is 0 Å². The highest BCUT2D eigenvalue weighted by molar-refractivity contribution is 5.96. The number of pyridine rings is 1. The van der Waals surface area contributed by atoms with Crippen LogP contribution in [0.1, 0.15) is 36.7 Å². The van der Waals surface area contributed by atoms with Gasteiger partial charge in [0.05, 0.1) is 0 Å². The van der Waals surface area contributed by atoms with E-state index in [1.807, 2.05) is 27.7 Å². The highest BCUT2D eigenvalue weighted by atomic mass is 16.2. The van der Waals surface area contributed by atoms with Crippen LogP contribution in [0.5, 0.6) is 0 Å². The summed E-state index contributed by atoms with van der Waals surface area (Å²) in [7, 11) is 0. The lowest BCUT2D eigenvalue weighted by atomic mass is 10.1. The summed E-state index contributed by atoms with van der Waals surface area (Å²) in [4.78, 5) is 35.9. The van der Waals surface area contributed by atoms with Crippen molar-refractivity contribution in [3.63, 3.8) is 0 Å². The van der Waals surface area contributed by atoms with Crippen LogP contribution in [-0.4, -0.2) is 21.9 Å². The predicted octanol–water partition coefficient (Wildman–Crippen LogP) is 2.32. The molecule has 25 heavy (non-hydrogen) atoms. The number of amides is 2. The number of aryl methyl sites for hydroxylation is 1. The third kappa shape index (κ3) is 5.60. The molecule has 0 atom stereocenters. The Morgan fingerprint density at radius 1 is 1.08 bits per heavy atom. The Balaban J connectivity index is 2.00. The maximum Gasteiger partial charge on any atom is 0.251 e. The molecule has 0 fully saturated rings. The van der Waals surface area contributed by atoms with Gasteiger partial charge >= 0.3 is 0 Å². The fourth-order valence-electron chi connectivity index (χ4n) is 2.21. The second-order valence-electron chi connectivity index (χ2n) is 7.00. The lowest BCUT2D eigenvalue weighted by molar-refractivity contribution is -0.116. The molecule has 0 aliphatic heterocycles. The normalized spacial score (nSPS) is 11.0. The molecular weight excluding hydrogens is 318 g/mol. The predicted molar refractivity (Wildman–Crippen MR) is 97.7 cm³/mol. The molecule has 2 amide bonds. The summed E-state index contributed by atoms with van der Waals surface area (Å²) in [5.74, 6) is -0.477. The highest BCUT2D eigenvalue weighted by Crippen LogP contribution is 2.11. The minimum atomic E-state index is -0.314. The lowest BCUT2D eigenvalue weighted by Gasteiger charge is -2.20. The van der Waals surface area contributed by atoms with Crippen molar-refractivity contribution >= 4 is 17.5 Å². The number of rotatable bonds is 4. The van der Waals surface area contributed by atoms with Gasteiger partial charge in [0, 0.05) is 29.1 Å². The Morgan fingerprint density at radius 2 is 1.72 bits per heavy atom.